The third-order valence-corrected chi connectivity index (χ3v) is 3.99. The molecule has 0 saturated heterocycles. The molecule has 1 aliphatic carbocycles. The van der Waals surface area contributed by atoms with Gasteiger partial charge in [0.15, 0.2) is 17.5 Å². The Balaban J connectivity index is 1.99. The van der Waals surface area contributed by atoms with Gasteiger partial charge in [-0.25, -0.2) is 13.2 Å². The van der Waals surface area contributed by atoms with Crippen molar-refractivity contribution in [2.75, 3.05) is 6.54 Å². The molecule has 0 fully saturated rings. The molecule has 1 aliphatic rings. The second kappa shape index (κ2) is 5.53. The SMILES string of the molecule is CCNC1CCc2cc(-c3cc(F)c(F)c(F)c3)ccc21. The Morgan fingerprint density at radius 3 is 2.43 bits per heavy atom. The highest BCUT2D eigenvalue weighted by Crippen LogP contribution is 2.34. The molecule has 0 heterocycles. The van der Waals surface area contributed by atoms with Crippen molar-refractivity contribution in [3.63, 3.8) is 0 Å². The molecule has 3 rings (SSSR count). The molecule has 1 unspecified atom stereocenters. The second-order valence-corrected chi connectivity index (χ2v) is 5.32. The summed E-state index contributed by atoms with van der Waals surface area (Å²) in [7, 11) is 0. The average molecular weight is 291 g/mol. The number of halogens is 3. The van der Waals surface area contributed by atoms with Crippen molar-refractivity contribution in [2.24, 2.45) is 0 Å². The Kier molecular flexibility index (Phi) is 3.72. The molecule has 0 bridgehead atoms. The van der Waals surface area contributed by atoms with Crippen LogP contribution in [0.2, 0.25) is 0 Å². The van der Waals surface area contributed by atoms with E-state index in [1.165, 1.54) is 11.1 Å². The smallest absolute Gasteiger partial charge is 0.194 e. The average Bonchev–Trinajstić information content (AvgIpc) is 2.87. The number of benzene rings is 2. The van der Waals surface area contributed by atoms with Crippen LogP contribution >= 0.6 is 0 Å². The number of hydrogen-bond donors (Lipinski definition) is 1. The summed E-state index contributed by atoms with van der Waals surface area (Å²) in [6.45, 7) is 2.97. The summed E-state index contributed by atoms with van der Waals surface area (Å²) in [5.74, 6) is -3.74. The molecule has 21 heavy (non-hydrogen) atoms. The van der Waals surface area contributed by atoms with Crippen LogP contribution in [-0.2, 0) is 6.42 Å². The van der Waals surface area contributed by atoms with Crippen LogP contribution in [0.25, 0.3) is 11.1 Å². The molecule has 0 amide bonds. The van der Waals surface area contributed by atoms with Crippen molar-refractivity contribution < 1.29 is 13.2 Å². The van der Waals surface area contributed by atoms with Crippen molar-refractivity contribution in [1.82, 2.24) is 5.32 Å². The molecule has 0 spiro atoms. The van der Waals surface area contributed by atoms with Crippen LogP contribution in [-0.4, -0.2) is 6.54 Å². The summed E-state index contributed by atoms with van der Waals surface area (Å²) >= 11 is 0. The van der Waals surface area contributed by atoms with Crippen molar-refractivity contribution in [3.8, 4) is 11.1 Å². The van der Waals surface area contributed by atoms with E-state index in [2.05, 4.69) is 12.2 Å². The fraction of sp³-hybridized carbons (Fsp3) is 0.294. The first kappa shape index (κ1) is 14.1. The largest absolute Gasteiger partial charge is 0.310 e. The van der Waals surface area contributed by atoms with E-state index in [-0.39, 0.29) is 0 Å². The van der Waals surface area contributed by atoms with Gasteiger partial charge in [-0.05, 0) is 53.8 Å². The Bertz CT molecular complexity index is 659. The lowest BCUT2D eigenvalue weighted by Gasteiger charge is -2.13. The molecule has 1 nitrogen and oxygen atoms in total. The standard InChI is InChI=1S/C17H16F3N/c1-2-21-16-6-4-11-7-10(3-5-13(11)16)12-8-14(18)17(20)15(19)9-12/h3,5,7-9,16,21H,2,4,6H2,1H3. The van der Waals surface area contributed by atoms with Crippen LogP contribution in [0.1, 0.15) is 30.5 Å². The second-order valence-electron chi connectivity index (χ2n) is 5.32. The van der Waals surface area contributed by atoms with Crippen molar-refractivity contribution in [1.29, 1.82) is 0 Å². The number of aryl methyl sites for hydroxylation is 1. The quantitative estimate of drug-likeness (QED) is 0.828. The summed E-state index contributed by atoms with van der Waals surface area (Å²) in [6.07, 6.45) is 1.96. The predicted octanol–water partition coefficient (Wildman–Crippen LogP) is 4.37. The van der Waals surface area contributed by atoms with Gasteiger partial charge in [0.2, 0.25) is 0 Å². The van der Waals surface area contributed by atoms with E-state index >= 15 is 0 Å². The van der Waals surface area contributed by atoms with E-state index in [1.807, 2.05) is 18.2 Å². The minimum Gasteiger partial charge on any atom is -0.310 e. The zero-order chi connectivity index (χ0) is 15.0. The monoisotopic (exact) mass is 291 g/mol. The lowest BCUT2D eigenvalue weighted by Crippen LogP contribution is -2.18. The van der Waals surface area contributed by atoms with Gasteiger partial charge in [-0.15, -0.1) is 0 Å². The normalized spacial score (nSPS) is 17.0. The zero-order valence-electron chi connectivity index (χ0n) is 11.7. The molecule has 110 valence electrons. The predicted molar refractivity (Wildman–Crippen MR) is 76.5 cm³/mol. The summed E-state index contributed by atoms with van der Waals surface area (Å²) in [5.41, 5.74) is 3.50. The van der Waals surface area contributed by atoms with Crippen molar-refractivity contribution >= 4 is 0 Å². The van der Waals surface area contributed by atoms with Crippen LogP contribution < -0.4 is 5.32 Å². The van der Waals surface area contributed by atoms with E-state index in [4.69, 9.17) is 0 Å². The molecule has 0 aliphatic heterocycles. The van der Waals surface area contributed by atoms with Crippen LogP contribution in [0.5, 0.6) is 0 Å². The number of rotatable bonds is 3. The molecule has 4 heteroatoms. The lowest BCUT2D eigenvalue weighted by molar-refractivity contribution is 0.447. The maximum Gasteiger partial charge on any atom is 0.194 e. The molecule has 0 aromatic heterocycles. The van der Waals surface area contributed by atoms with E-state index in [0.717, 1.165) is 31.5 Å². The van der Waals surface area contributed by atoms with E-state index in [0.29, 0.717) is 17.2 Å². The van der Waals surface area contributed by atoms with Gasteiger partial charge in [0, 0.05) is 6.04 Å². The molecule has 2 aromatic rings. The molecule has 0 radical (unpaired) electrons. The fourth-order valence-electron chi connectivity index (χ4n) is 2.98. The summed E-state index contributed by atoms with van der Waals surface area (Å²) in [6, 6.07) is 8.19. The zero-order valence-corrected chi connectivity index (χ0v) is 11.7. The lowest BCUT2D eigenvalue weighted by atomic mass is 9.99. The van der Waals surface area contributed by atoms with Crippen LogP contribution in [0, 0.1) is 17.5 Å². The summed E-state index contributed by atoms with van der Waals surface area (Å²) < 4.78 is 39.7. The Morgan fingerprint density at radius 1 is 1.05 bits per heavy atom. The number of nitrogens with one attached hydrogen (secondary N) is 1. The maximum absolute atomic E-state index is 13.3. The highest BCUT2D eigenvalue weighted by molar-refractivity contribution is 5.65. The van der Waals surface area contributed by atoms with Crippen LogP contribution in [0.15, 0.2) is 30.3 Å². The van der Waals surface area contributed by atoms with Gasteiger partial charge in [-0.2, -0.15) is 0 Å². The Labute approximate surface area is 121 Å². The molecular formula is C17H16F3N. The number of fused-ring (bicyclic) bond motifs is 1. The Hall–Kier alpha value is -1.81. The van der Waals surface area contributed by atoms with Crippen LogP contribution in [0.3, 0.4) is 0 Å². The molecule has 1 N–H and O–H groups in total. The van der Waals surface area contributed by atoms with Crippen molar-refractivity contribution in [2.45, 2.75) is 25.8 Å². The molecule has 0 saturated carbocycles. The topological polar surface area (TPSA) is 12.0 Å². The highest BCUT2D eigenvalue weighted by atomic mass is 19.2. The third-order valence-electron chi connectivity index (χ3n) is 3.99. The summed E-state index contributed by atoms with van der Waals surface area (Å²) in [4.78, 5) is 0. The van der Waals surface area contributed by atoms with E-state index < -0.39 is 17.5 Å². The molecule has 1 atom stereocenters. The highest BCUT2D eigenvalue weighted by Gasteiger charge is 2.22. The third kappa shape index (κ3) is 2.56. The van der Waals surface area contributed by atoms with E-state index in [1.54, 1.807) is 0 Å². The van der Waals surface area contributed by atoms with Gasteiger partial charge >= 0.3 is 0 Å². The van der Waals surface area contributed by atoms with Gasteiger partial charge in [0.05, 0.1) is 0 Å². The first-order valence-corrected chi connectivity index (χ1v) is 7.11. The first-order valence-electron chi connectivity index (χ1n) is 7.11. The van der Waals surface area contributed by atoms with Gasteiger partial charge < -0.3 is 5.32 Å². The van der Waals surface area contributed by atoms with Gasteiger partial charge in [-0.3, -0.25) is 0 Å². The minimum absolute atomic E-state index is 0.348. The number of hydrogen-bond acceptors (Lipinski definition) is 1. The van der Waals surface area contributed by atoms with Gasteiger partial charge in [-0.1, -0.05) is 25.1 Å². The fourth-order valence-corrected chi connectivity index (χ4v) is 2.98. The minimum atomic E-state index is -1.42. The van der Waals surface area contributed by atoms with Crippen LogP contribution in [0.4, 0.5) is 13.2 Å². The van der Waals surface area contributed by atoms with Crippen molar-refractivity contribution in [3.05, 3.63) is 58.9 Å². The summed E-state index contributed by atoms with van der Waals surface area (Å²) in [5, 5.41) is 3.42. The van der Waals surface area contributed by atoms with Gasteiger partial charge in [0.25, 0.3) is 0 Å². The first-order chi connectivity index (χ1) is 10.1. The molecule has 2 aromatic carbocycles. The van der Waals surface area contributed by atoms with E-state index in [9.17, 15) is 13.2 Å². The Morgan fingerprint density at radius 2 is 1.76 bits per heavy atom. The van der Waals surface area contributed by atoms with Gasteiger partial charge in [0.1, 0.15) is 0 Å². The maximum atomic E-state index is 13.3. The molecular weight excluding hydrogens is 275 g/mol.